The quantitative estimate of drug-likeness (QED) is 0.259. The van der Waals surface area contributed by atoms with Crippen LogP contribution in [-0.2, 0) is 17.6 Å². The molecule has 38 heavy (non-hydrogen) atoms. The van der Waals surface area contributed by atoms with E-state index in [1.165, 1.54) is 11.1 Å². The van der Waals surface area contributed by atoms with Gasteiger partial charge in [0, 0.05) is 34.5 Å². The summed E-state index contributed by atoms with van der Waals surface area (Å²) in [5.41, 5.74) is 4.69. The van der Waals surface area contributed by atoms with Gasteiger partial charge in [-0.25, -0.2) is 14.8 Å². The normalized spacial score (nSPS) is 23.3. The largest absolute Gasteiger partial charge is 0.366 e. The van der Waals surface area contributed by atoms with Crippen molar-refractivity contribution < 1.29 is 9.59 Å². The van der Waals surface area contributed by atoms with Gasteiger partial charge < -0.3 is 21.3 Å². The predicted molar refractivity (Wildman–Crippen MR) is 148 cm³/mol. The van der Waals surface area contributed by atoms with E-state index in [2.05, 4.69) is 49.4 Å². The molecule has 3 amide bonds. The monoisotopic (exact) mass is 527 g/mol. The average Bonchev–Trinajstić information content (AvgIpc) is 3.60. The van der Waals surface area contributed by atoms with E-state index in [0.717, 1.165) is 60.3 Å². The number of nitriles is 1. The van der Waals surface area contributed by atoms with Crippen LogP contribution in [0.2, 0.25) is 0 Å². The number of urea groups is 1. The molecule has 4 unspecified atom stereocenters. The number of carbonyl (C=O) groups excluding carboxylic acids is 2. The molecule has 1 aliphatic carbocycles. The highest BCUT2D eigenvalue weighted by Gasteiger charge is 2.42. The third-order valence-corrected chi connectivity index (χ3v) is 9.12. The first-order valence-electron chi connectivity index (χ1n) is 13.1. The Labute approximate surface area is 225 Å². The highest BCUT2D eigenvalue weighted by molar-refractivity contribution is 8.00. The minimum absolute atomic E-state index is 0.0335. The molecule has 4 N–H and O–H groups in total. The van der Waals surface area contributed by atoms with Crippen LogP contribution < -0.4 is 21.3 Å². The first-order valence-corrected chi connectivity index (χ1v) is 14.1. The first-order chi connectivity index (χ1) is 18.6. The number of unbranched alkanes of at least 4 members (excludes halogenated alkanes) is 1. The van der Waals surface area contributed by atoms with E-state index in [1.807, 2.05) is 30.0 Å². The number of aromatic nitrogens is 2. The van der Waals surface area contributed by atoms with Crippen LogP contribution in [0.3, 0.4) is 0 Å². The summed E-state index contributed by atoms with van der Waals surface area (Å²) >= 11 is 1.91. The lowest BCUT2D eigenvalue weighted by Gasteiger charge is -2.16. The third kappa shape index (κ3) is 5.11. The van der Waals surface area contributed by atoms with Gasteiger partial charge in [0.05, 0.1) is 29.2 Å². The molecule has 4 atom stereocenters. The number of fused-ring (bicyclic) bond motifs is 3. The summed E-state index contributed by atoms with van der Waals surface area (Å²) in [6, 6.07) is 14.3. The second kappa shape index (κ2) is 10.5. The Kier molecular flexibility index (Phi) is 6.77. The standard InChI is InChI=1S/C28H29N7O2S/c29-13-16-5-8-22-21(9-16)27(31-15-30-22)33-20-10-17-6-7-19(11-18(17)12-20)32-25(36)4-2-1-3-24-26-23(14-38-24)34-28(37)35-26/h5-9,11,15,20,23-24,26H,1-4,10,12,14H2,(H,32,36)(H,30,31,33)(H2,34,35,37). The molecule has 0 spiro atoms. The fraction of sp³-hybridized carbons (Fsp3) is 0.393. The van der Waals surface area contributed by atoms with E-state index in [9.17, 15) is 14.9 Å². The smallest absolute Gasteiger partial charge is 0.315 e. The van der Waals surface area contributed by atoms with Gasteiger partial charge in [-0.05, 0) is 67.1 Å². The highest BCUT2D eigenvalue weighted by Crippen LogP contribution is 2.33. The number of nitrogens with zero attached hydrogens (tertiary/aromatic N) is 3. The molecule has 3 aliphatic rings. The van der Waals surface area contributed by atoms with E-state index in [-0.39, 0.29) is 30.1 Å². The summed E-state index contributed by atoms with van der Waals surface area (Å²) in [7, 11) is 0. The zero-order chi connectivity index (χ0) is 26.1. The molecule has 2 aromatic carbocycles. The molecule has 3 heterocycles. The Balaban J connectivity index is 0.996. The lowest BCUT2D eigenvalue weighted by atomic mass is 10.0. The highest BCUT2D eigenvalue weighted by atomic mass is 32.2. The number of thioether (sulfide) groups is 1. The van der Waals surface area contributed by atoms with E-state index in [0.29, 0.717) is 17.2 Å². The van der Waals surface area contributed by atoms with Gasteiger partial charge in [-0.3, -0.25) is 4.79 Å². The summed E-state index contributed by atoms with van der Waals surface area (Å²) in [6.07, 6.45) is 6.53. The molecule has 0 bridgehead atoms. The number of amides is 3. The SMILES string of the molecule is N#Cc1ccc2ncnc(NC3Cc4ccc(NC(=O)CCCCC5SCC6NC(=O)NC65)cc4C3)c2c1. The zero-order valence-corrected chi connectivity index (χ0v) is 21.7. The molecule has 10 heteroatoms. The third-order valence-electron chi connectivity index (χ3n) is 7.61. The van der Waals surface area contributed by atoms with E-state index in [1.54, 1.807) is 12.4 Å². The molecule has 2 fully saturated rings. The number of anilines is 2. The minimum atomic E-state index is -0.0576. The first kappa shape index (κ1) is 24.5. The van der Waals surface area contributed by atoms with E-state index >= 15 is 0 Å². The number of rotatable bonds is 8. The molecular formula is C28H29N7O2S. The topological polar surface area (TPSA) is 132 Å². The van der Waals surface area contributed by atoms with Gasteiger partial charge in [0.1, 0.15) is 12.1 Å². The van der Waals surface area contributed by atoms with Gasteiger partial charge in [-0.1, -0.05) is 12.5 Å². The molecule has 2 saturated heterocycles. The fourth-order valence-corrected chi connectivity index (χ4v) is 7.27. The Hall–Kier alpha value is -3.84. The van der Waals surface area contributed by atoms with Crippen LogP contribution >= 0.6 is 11.8 Å². The maximum Gasteiger partial charge on any atom is 0.315 e. The Morgan fingerprint density at radius 3 is 2.89 bits per heavy atom. The van der Waals surface area contributed by atoms with Crippen LogP contribution in [0.1, 0.15) is 42.4 Å². The van der Waals surface area contributed by atoms with Crippen molar-refractivity contribution in [1.82, 2.24) is 20.6 Å². The summed E-state index contributed by atoms with van der Waals surface area (Å²) in [4.78, 5) is 32.9. The summed E-state index contributed by atoms with van der Waals surface area (Å²) < 4.78 is 0. The van der Waals surface area contributed by atoms with Gasteiger partial charge >= 0.3 is 6.03 Å². The van der Waals surface area contributed by atoms with Crippen molar-refractivity contribution in [2.75, 3.05) is 16.4 Å². The van der Waals surface area contributed by atoms with Gasteiger partial charge in [0.2, 0.25) is 5.91 Å². The van der Waals surface area contributed by atoms with Crippen molar-refractivity contribution in [3.8, 4) is 6.07 Å². The van der Waals surface area contributed by atoms with Crippen LogP contribution in [0.5, 0.6) is 0 Å². The van der Waals surface area contributed by atoms with Gasteiger partial charge in [0.25, 0.3) is 0 Å². The molecule has 3 aromatic rings. The van der Waals surface area contributed by atoms with Crippen molar-refractivity contribution in [2.24, 2.45) is 0 Å². The minimum Gasteiger partial charge on any atom is -0.366 e. The van der Waals surface area contributed by atoms with Crippen LogP contribution in [0.15, 0.2) is 42.7 Å². The molecule has 1 aromatic heterocycles. The lowest BCUT2D eigenvalue weighted by molar-refractivity contribution is -0.116. The predicted octanol–water partition coefficient (Wildman–Crippen LogP) is 3.75. The van der Waals surface area contributed by atoms with Crippen LogP contribution in [0, 0.1) is 11.3 Å². The number of nitrogens with one attached hydrogen (secondary N) is 4. The molecule has 0 saturated carbocycles. The zero-order valence-electron chi connectivity index (χ0n) is 20.9. The van der Waals surface area contributed by atoms with Crippen LogP contribution in [-0.4, -0.2) is 51.0 Å². The van der Waals surface area contributed by atoms with E-state index in [4.69, 9.17) is 0 Å². The summed E-state index contributed by atoms with van der Waals surface area (Å²) in [6.45, 7) is 0. The van der Waals surface area contributed by atoms with Crippen molar-refractivity contribution in [1.29, 1.82) is 5.26 Å². The average molecular weight is 528 g/mol. The lowest BCUT2D eigenvalue weighted by Crippen LogP contribution is -2.36. The number of hydrogen-bond acceptors (Lipinski definition) is 7. The molecular weight excluding hydrogens is 498 g/mol. The molecule has 9 nitrogen and oxygen atoms in total. The van der Waals surface area contributed by atoms with Gasteiger partial charge in [-0.15, -0.1) is 0 Å². The Bertz CT molecular complexity index is 1440. The van der Waals surface area contributed by atoms with Crippen molar-refractivity contribution in [3.05, 3.63) is 59.4 Å². The van der Waals surface area contributed by atoms with Crippen LogP contribution in [0.4, 0.5) is 16.3 Å². The Morgan fingerprint density at radius 2 is 2.00 bits per heavy atom. The maximum absolute atomic E-state index is 12.6. The summed E-state index contributed by atoms with van der Waals surface area (Å²) in [5, 5.41) is 23.1. The van der Waals surface area contributed by atoms with Crippen molar-refractivity contribution >= 4 is 46.1 Å². The fourth-order valence-electron chi connectivity index (χ4n) is 5.73. The number of benzene rings is 2. The number of carbonyl (C=O) groups is 2. The van der Waals surface area contributed by atoms with Gasteiger partial charge in [0.15, 0.2) is 0 Å². The van der Waals surface area contributed by atoms with Crippen LogP contribution in [0.25, 0.3) is 10.9 Å². The summed E-state index contributed by atoms with van der Waals surface area (Å²) in [5.74, 6) is 1.73. The van der Waals surface area contributed by atoms with E-state index < -0.39 is 0 Å². The second-order valence-corrected chi connectivity index (χ2v) is 11.5. The molecule has 2 aliphatic heterocycles. The Morgan fingerprint density at radius 1 is 1.11 bits per heavy atom. The molecule has 6 rings (SSSR count). The van der Waals surface area contributed by atoms with Crippen molar-refractivity contribution in [2.45, 2.75) is 61.9 Å². The second-order valence-electron chi connectivity index (χ2n) is 10.2. The number of hydrogen-bond donors (Lipinski definition) is 4. The maximum atomic E-state index is 12.6. The van der Waals surface area contributed by atoms with Gasteiger partial charge in [-0.2, -0.15) is 17.0 Å². The molecule has 194 valence electrons. The van der Waals surface area contributed by atoms with Crippen molar-refractivity contribution in [3.63, 3.8) is 0 Å². The molecule has 0 radical (unpaired) electrons.